The van der Waals surface area contributed by atoms with E-state index in [1.54, 1.807) is 0 Å². The van der Waals surface area contributed by atoms with Gasteiger partial charge in [0.05, 0.1) is 0 Å². The van der Waals surface area contributed by atoms with Crippen molar-refractivity contribution in [1.82, 2.24) is 15.1 Å². The minimum absolute atomic E-state index is 0.0278. The number of carbonyl (C=O) groups excluding carboxylic acids is 2. The summed E-state index contributed by atoms with van der Waals surface area (Å²) >= 11 is 0. The predicted octanol–water partition coefficient (Wildman–Crippen LogP) is 3.64. The average Bonchev–Trinajstić information content (AvgIpc) is 2.88. The van der Waals surface area contributed by atoms with Gasteiger partial charge < -0.3 is 15.1 Å². The number of nitrogens with zero attached hydrogens (tertiary/aromatic N) is 2. The van der Waals surface area contributed by atoms with Gasteiger partial charge >= 0.3 is 6.03 Å². The van der Waals surface area contributed by atoms with Crippen molar-refractivity contribution >= 4 is 11.9 Å². The fraction of sp³-hybridized carbons (Fsp3) is 0.900. The summed E-state index contributed by atoms with van der Waals surface area (Å²) < 4.78 is 0. The van der Waals surface area contributed by atoms with E-state index < -0.39 is 0 Å². The van der Waals surface area contributed by atoms with Crippen LogP contribution >= 0.6 is 0 Å². The predicted molar refractivity (Wildman–Crippen MR) is 101 cm³/mol. The molecule has 0 unspecified atom stereocenters. The van der Waals surface area contributed by atoms with Crippen LogP contribution in [0.25, 0.3) is 0 Å². The minimum Gasteiger partial charge on any atom is -0.341 e. The first-order valence-corrected chi connectivity index (χ1v) is 10.2. The Morgan fingerprint density at radius 3 is 2.12 bits per heavy atom. The Hall–Kier alpha value is -1.26. The van der Waals surface area contributed by atoms with Crippen LogP contribution in [0.1, 0.15) is 72.6 Å². The molecule has 1 saturated heterocycles. The molecule has 0 aromatic heterocycles. The molecular formula is C20H37N3O2. The van der Waals surface area contributed by atoms with E-state index >= 15 is 0 Å². The molecule has 0 spiro atoms. The maximum absolute atomic E-state index is 12.6. The number of amides is 3. The quantitative estimate of drug-likeness (QED) is 0.841. The number of nitrogens with one attached hydrogen (secondary N) is 1. The fourth-order valence-electron chi connectivity index (χ4n) is 4.30. The van der Waals surface area contributed by atoms with E-state index in [1.807, 2.05) is 23.6 Å². The lowest BCUT2D eigenvalue weighted by Crippen LogP contribution is -2.48. The van der Waals surface area contributed by atoms with E-state index in [9.17, 15) is 9.59 Å². The molecule has 2 rings (SSSR count). The molecule has 144 valence electrons. The summed E-state index contributed by atoms with van der Waals surface area (Å²) in [6, 6.07) is 0.375. The summed E-state index contributed by atoms with van der Waals surface area (Å²) in [5.74, 6) is 0.227. The second-order valence-electron chi connectivity index (χ2n) is 8.25. The molecule has 2 aliphatic rings. The highest BCUT2D eigenvalue weighted by molar-refractivity contribution is 5.78. The van der Waals surface area contributed by atoms with Crippen LogP contribution < -0.4 is 5.32 Å². The van der Waals surface area contributed by atoms with Gasteiger partial charge in [-0.2, -0.15) is 0 Å². The Kier molecular flexibility index (Phi) is 7.14. The van der Waals surface area contributed by atoms with Crippen LogP contribution in [0.15, 0.2) is 0 Å². The molecule has 2 fully saturated rings. The van der Waals surface area contributed by atoms with Crippen molar-refractivity contribution in [2.45, 2.75) is 78.7 Å². The lowest BCUT2D eigenvalue weighted by atomic mass is 9.69. The zero-order valence-electron chi connectivity index (χ0n) is 16.6. The highest BCUT2D eigenvalue weighted by Gasteiger charge is 2.33. The highest BCUT2D eigenvalue weighted by atomic mass is 16.2. The summed E-state index contributed by atoms with van der Waals surface area (Å²) in [6.07, 6.45) is 8.00. The van der Waals surface area contributed by atoms with E-state index in [0.29, 0.717) is 24.5 Å². The van der Waals surface area contributed by atoms with Crippen LogP contribution in [0.5, 0.6) is 0 Å². The van der Waals surface area contributed by atoms with Gasteiger partial charge in [0.2, 0.25) is 5.91 Å². The van der Waals surface area contributed by atoms with Crippen molar-refractivity contribution < 1.29 is 9.59 Å². The number of urea groups is 1. The van der Waals surface area contributed by atoms with Crippen LogP contribution in [-0.4, -0.2) is 54.0 Å². The van der Waals surface area contributed by atoms with Gasteiger partial charge in [0.25, 0.3) is 0 Å². The van der Waals surface area contributed by atoms with E-state index in [4.69, 9.17) is 0 Å². The third-order valence-electron chi connectivity index (χ3n) is 6.46. The molecule has 1 N–H and O–H groups in total. The maximum Gasteiger partial charge on any atom is 0.317 e. The zero-order valence-corrected chi connectivity index (χ0v) is 16.6. The Labute approximate surface area is 153 Å². The Morgan fingerprint density at radius 2 is 1.56 bits per heavy atom. The average molecular weight is 352 g/mol. The Balaban J connectivity index is 1.81. The van der Waals surface area contributed by atoms with Crippen LogP contribution in [-0.2, 0) is 4.79 Å². The second-order valence-corrected chi connectivity index (χ2v) is 8.25. The monoisotopic (exact) mass is 351 g/mol. The maximum atomic E-state index is 12.6. The zero-order chi connectivity index (χ0) is 18.4. The molecule has 0 aromatic carbocycles. The first-order valence-electron chi connectivity index (χ1n) is 10.2. The van der Waals surface area contributed by atoms with Gasteiger partial charge in [-0.15, -0.1) is 0 Å². The van der Waals surface area contributed by atoms with Gasteiger partial charge in [0.15, 0.2) is 0 Å². The van der Waals surface area contributed by atoms with E-state index in [-0.39, 0.29) is 17.9 Å². The molecule has 1 aliphatic heterocycles. The molecule has 25 heavy (non-hydrogen) atoms. The van der Waals surface area contributed by atoms with E-state index in [1.165, 1.54) is 25.7 Å². The molecule has 5 nitrogen and oxygen atoms in total. The smallest absolute Gasteiger partial charge is 0.317 e. The normalized spacial score (nSPS) is 22.0. The lowest BCUT2D eigenvalue weighted by molar-refractivity contribution is -0.134. The molecule has 1 aliphatic carbocycles. The van der Waals surface area contributed by atoms with Gasteiger partial charge in [0.1, 0.15) is 0 Å². The third-order valence-corrected chi connectivity index (χ3v) is 6.46. The van der Waals surface area contributed by atoms with Gasteiger partial charge in [-0.3, -0.25) is 4.79 Å². The molecule has 0 bridgehead atoms. The summed E-state index contributed by atoms with van der Waals surface area (Å²) in [7, 11) is 0. The molecular weight excluding hydrogens is 314 g/mol. The largest absolute Gasteiger partial charge is 0.341 e. The fourth-order valence-corrected chi connectivity index (χ4v) is 4.30. The molecule has 3 amide bonds. The first kappa shape index (κ1) is 20.1. The summed E-state index contributed by atoms with van der Waals surface area (Å²) in [6.45, 7) is 11.3. The van der Waals surface area contributed by atoms with Crippen LogP contribution in [0, 0.1) is 11.3 Å². The molecule has 0 atom stereocenters. The van der Waals surface area contributed by atoms with Gasteiger partial charge in [0, 0.05) is 38.1 Å². The van der Waals surface area contributed by atoms with Crippen molar-refractivity contribution in [1.29, 1.82) is 0 Å². The topological polar surface area (TPSA) is 52.7 Å². The van der Waals surface area contributed by atoms with Gasteiger partial charge in [-0.1, -0.05) is 40.5 Å². The lowest BCUT2D eigenvalue weighted by Gasteiger charge is -2.39. The molecule has 5 heteroatoms. The third kappa shape index (κ3) is 5.11. The SMILES string of the molecule is CCC1(CC)CCC(NC(=O)N2CCCN(C(=O)C(C)C)CC2)CC1. The van der Waals surface area contributed by atoms with E-state index in [0.717, 1.165) is 32.4 Å². The highest BCUT2D eigenvalue weighted by Crippen LogP contribution is 2.41. The molecule has 0 radical (unpaired) electrons. The number of hydrogen-bond acceptors (Lipinski definition) is 2. The Bertz CT molecular complexity index is 450. The van der Waals surface area contributed by atoms with Gasteiger partial charge in [-0.25, -0.2) is 4.79 Å². The molecule has 1 saturated carbocycles. The van der Waals surface area contributed by atoms with Crippen molar-refractivity contribution in [3.05, 3.63) is 0 Å². The van der Waals surface area contributed by atoms with Crippen LogP contribution in [0.2, 0.25) is 0 Å². The molecule has 0 aromatic rings. The van der Waals surface area contributed by atoms with Crippen LogP contribution in [0.3, 0.4) is 0 Å². The van der Waals surface area contributed by atoms with Crippen LogP contribution in [0.4, 0.5) is 4.79 Å². The summed E-state index contributed by atoms with van der Waals surface area (Å²) in [5.41, 5.74) is 0.502. The number of hydrogen-bond donors (Lipinski definition) is 1. The Morgan fingerprint density at radius 1 is 1.00 bits per heavy atom. The minimum atomic E-state index is 0.0278. The van der Waals surface area contributed by atoms with Crippen molar-refractivity contribution in [2.75, 3.05) is 26.2 Å². The summed E-state index contributed by atoms with van der Waals surface area (Å²) in [5, 5.41) is 3.25. The van der Waals surface area contributed by atoms with Crippen molar-refractivity contribution in [2.24, 2.45) is 11.3 Å². The van der Waals surface area contributed by atoms with Gasteiger partial charge in [-0.05, 0) is 37.5 Å². The standard InChI is InChI=1S/C20H37N3O2/c1-5-20(6-2)10-8-17(9-11-20)21-19(25)23-13-7-12-22(14-15-23)18(24)16(3)4/h16-17H,5-15H2,1-4H3,(H,21,25). The van der Waals surface area contributed by atoms with E-state index in [2.05, 4.69) is 19.2 Å². The van der Waals surface area contributed by atoms with Crippen molar-refractivity contribution in [3.8, 4) is 0 Å². The number of rotatable bonds is 4. The number of carbonyl (C=O) groups is 2. The summed E-state index contributed by atoms with van der Waals surface area (Å²) in [4.78, 5) is 28.6. The van der Waals surface area contributed by atoms with Crippen molar-refractivity contribution in [3.63, 3.8) is 0 Å². The molecule has 1 heterocycles. The second kappa shape index (κ2) is 8.91. The first-order chi connectivity index (χ1) is 11.9.